The van der Waals surface area contributed by atoms with Gasteiger partial charge in [0, 0.05) is 11.8 Å². The van der Waals surface area contributed by atoms with E-state index in [-0.39, 0.29) is 11.4 Å². The largest absolute Gasteiger partial charge is 0.497 e. The Morgan fingerprint density at radius 2 is 2.19 bits per heavy atom. The quantitative estimate of drug-likeness (QED) is 0.536. The van der Waals surface area contributed by atoms with Gasteiger partial charge in [-0.3, -0.25) is 4.79 Å². The zero-order chi connectivity index (χ0) is 18.9. The molecule has 0 fully saturated rings. The van der Waals surface area contributed by atoms with Crippen molar-refractivity contribution in [3.05, 3.63) is 41.5 Å². The number of nitrogen functional groups attached to an aromatic ring is 1. The number of aromatic nitrogens is 1. The molecule has 0 radical (unpaired) electrons. The lowest BCUT2D eigenvalue weighted by molar-refractivity contribution is 0.102. The highest BCUT2D eigenvalue weighted by Crippen LogP contribution is 2.26. The fourth-order valence-electron chi connectivity index (χ4n) is 2.30. The predicted molar refractivity (Wildman–Crippen MR) is 105 cm³/mol. The second-order valence-corrected chi connectivity index (χ2v) is 6.71. The van der Waals surface area contributed by atoms with Gasteiger partial charge in [-0.2, -0.15) is 5.26 Å². The number of nitrogens with two attached hydrogens (primary N) is 1. The summed E-state index contributed by atoms with van der Waals surface area (Å²) >= 11 is 1.49. The van der Waals surface area contributed by atoms with Crippen LogP contribution in [0.15, 0.2) is 35.4 Å². The summed E-state index contributed by atoms with van der Waals surface area (Å²) in [5, 5.41) is 12.7. The van der Waals surface area contributed by atoms with Crippen molar-refractivity contribution >= 4 is 29.2 Å². The number of amides is 1. The van der Waals surface area contributed by atoms with E-state index in [0.717, 1.165) is 25.0 Å². The molecule has 0 bridgehead atoms. The Hall–Kier alpha value is -2.72. The minimum atomic E-state index is -0.415. The number of nitriles is 1. The molecule has 0 aliphatic rings. The van der Waals surface area contributed by atoms with Crippen LogP contribution in [0.2, 0.25) is 0 Å². The second-order valence-electron chi connectivity index (χ2n) is 5.63. The molecule has 1 amide bonds. The molecule has 2 aromatic rings. The molecule has 6 nitrogen and oxygen atoms in total. The number of rotatable bonds is 8. The number of methoxy groups -OCH3 is 1. The first-order valence-corrected chi connectivity index (χ1v) is 9.36. The van der Waals surface area contributed by atoms with Crippen molar-refractivity contribution in [1.82, 2.24) is 4.98 Å². The zero-order valence-electron chi connectivity index (χ0n) is 14.9. The summed E-state index contributed by atoms with van der Waals surface area (Å²) in [7, 11) is 1.55. The number of carbonyl (C=O) groups is 1. The van der Waals surface area contributed by atoms with E-state index >= 15 is 0 Å². The van der Waals surface area contributed by atoms with Gasteiger partial charge in [0.1, 0.15) is 22.7 Å². The molecule has 0 unspecified atom stereocenters. The van der Waals surface area contributed by atoms with Gasteiger partial charge in [-0.05, 0) is 30.4 Å². The lowest BCUT2D eigenvalue weighted by Gasteiger charge is -2.11. The topological polar surface area (TPSA) is 101 Å². The fraction of sp³-hybridized carbons (Fsp3) is 0.316. The molecule has 1 heterocycles. The summed E-state index contributed by atoms with van der Waals surface area (Å²) in [6, 6.07) is 10.6. The van der Waals surface area contributed by atoms with E-state index in [2.05, 4.69) is 23.3 Å². The first-order valence-electron chi connectivity index (χ1n) is 8.37. The normalized spacial score (nSPS) is 10.2. The Labute approximate surface area is 157 Å². The van der Waals surface area contributed by atoms with Gasteiger partial charge < -0.3 is 15.8 Å². The number of hydrogen-bond donors (Lipinski definition) is 2. The maximum absolute atomic E-state index is 12.5. The van der Waals surface area contributed by atoms with Crippen molar-refractivity contribution in [1.29, 1.82) is 5.26 Å². The van der Waals surface area contributed by atoms with E-state index in [1.165, 1.54) is 17.8 Å². The van der Waals surface area contributed by atoms with Crippen LogP contribution in [0.3, 0.4) is 0 Å². The van der Waals surface area contributed by atoms with Crippen molar-refractivity contribution in [2.45, 2.75) is 31.2 Å². The number of benzene rings is 1. The first kappa shape index (κ1) is 19.6. The monoisotopic (exact) mass is 370 g/mol. The van der Waals surface area contributed by atoms with Crippen LogP contribution < -0.4 is 15.8 Å². The van der Waals surface area contributed by atoms with Crippen molar-refractivity contribution in [3.8, 4) is 11.8 Å². The van der Waals surface area contributed by atoms with Crippen LogP contribution in [-0.2, 0) is 0 Å². The minimum Gasteiger partial charge on any atom is -0.497 e. The number of nitrogens with one attached hydrogen (secondary N) is 1. The molecule has 0 aliphatic carbocycles. The van der Waals surface area contributed by atoms with Gasteiger partial charge in [-0.1, -0.05) is 25.8 Å². The Morgan fingerprint density at radius 3 is 2.88 bits per heavy atom. The zero-order valence-corrected chi connectivity index (χ0v) is 15.7. The van der Waals surface area contributed by atoms with E-state index in [4.69, 9.17) is 10.5 Å². The summed E-state index contributed by atoms with van der Waals surface area (Å²) in [5.74, 6) is 1.19. The molecule has 0 saturated carbocycles. The van der Waals surface area contributed by atoms with Crippen LogP contribution in [0.5, 0.6) is 5.75 Å². The Balaban J connectivity index is 2.17. The van der Waals surface area contributed by atoms with Gasteiger partial charge in [0.15, 0.2) is 0 Å². The molecule has 0 atom stereocenters. The molecule has 1 aromatic carbocycles. The first-order chi connectivity index (χ1) is 12.6. The molecule has 136 valence electrons. The third-order valence-electron chi connectivity index (χ3n) is 3.70. The molecular formula is C19H22N4O2S. The van der Waals surface area contributed by atoms with Gasteiger partial charge in [0.2, 0.25) is 0 Å². The number of anilines is 2. The highest BCUT2D eigenvalue weighted by molar-refractivity contribution is 7.99. The maximum Gasteiger partial charge on any atom is 0.259 e. The van der Waals surface area contributed by atoms with Crippen molar-refractivity contribution in [3.63, 3.8) is 0 Å². The second kappa shape index (κ2) is 9.68. The van der Waals surface area contributed by atoms with E-state index in [9.17, 15) is 10.1 Å². The van der Waals surface area contributed by atoms with Crippen molar-refractivity contribution in [2.75, 3.05) is 23.9 Å². The lowest BCUT2D eigenvalue weighted by atomic mass is 10.1. The van der Waals surface area contributed by atoms with Crippen LogP contribution in [0.4, 0.5) is 11.5 Å². The van der Waals surface area contributed by atoms with E-state index in [0.29, 0.717) is 22.0 Å². The van der Waals surface area contributed by atoms with Crippen LogP contribution in [0, 0.1) is 11.3 Å². The number of hydrogen-bond acceptors (Lipinski definition) is 6. The Morgan fingerprint density at radius 1 is 1.38 bits per heavy atom. The third kappa shape index (κ3) is 5.14. The summed E-state index contributed by atoms with van der Waals surface area (Å²) in [6.45, 7) is 2.14. The van der Waals surface area contributed by atoms with Crippen LogP contribution in [0.1, 0.15) is 42.1 Å². The van der Waals surface area contributed by atoms with Crippen LogP contribution in [-0.4, -0.2) is 23.8 Å². The van der Waals surface area contributed by atoms with Crippen molar-refractivity contribution in [2.24, 2.45) is 0 Å². The summed E-state index contributed by atoms with van der Waals surface area (Å²) in [5.41, 5.74) is 7.08. The number of thioether (sulfide) groups is 1. The molecular weight excluding hydrogens is 348 g/mol. The van der Waals surface area contributed by atoms with Crippen molar-refractivity contribution < 1.29 is 9.53 Å². The molecule has 26 heavy (non-hydrogen) atoms. The lowest BCUT2D eigenvalue weighted by Crippen LogP contribution is -2.16. The molecule has 3 N–H and O–H groups in total. The number of unbranched alkanes of at least 4 members (excludes halogenated alkanes) is 2. The van der Waals surface area contributed by atoms with Gasteiger partial charge in [0.05, 0.1) is 18.2 Å². The standard InChI is InChI=1S/C19H22N4O2S/c1-3-4-5-9-26-19-13(12-20)10-16(17(21)23-19)18(24)22-14-7-6-8-15(11-14)25-2/h6-8,10-11H,3-5,9H2,1-2H3,(H2,21,23)(H,22,24). The fourth-order valence-corrected chi connectivity index (χ4v) is 3.27. The van der Waals surface area contributed by atoms with Gasteiger partial charge in [0.25, 0.3) is 5.91 Å². The summed E-state index contributed by atoms with van der Waals surface area (Å²) in [4.78, 5) is 16.8. The number of ether oxygens (including phenoxy) is 1. The highest BCUT2D eigenvalue weighted by Gasteiger charge is 2.16. The molecule has 1 aromatic heterocycles. The maximum atomic E-state index is 12.5. The highest BCUT2D eigenvalue weighted by atomic mass is 32.2. The van der Waals surface area contributed by atoms with Crippen LogP contribution >= 0.6 is 11.8 Å². The van der Waals surface area contributed by atoms with Crippen LogP contribution in [0.25, 0.3) is 0 Å². The van der Waals surface area contributed by atoms with E-state index in [1.807, 2.05) is 0 Å². The Bertz CT molecular complexity index is 818. The number of pyridine rings is 1. The average molecular weight is 370 g/mol. The SMILES string of the molecule is CCCCCSc1nc(N)c(C(=O)Nc2cccc(OC)c2)cc1C#N. The van der Waals surface area contributed by atoms with Gasteiger partial charge >= 0.3 is 0 Å². The minimum absolute atomic E-state index is 0.113. The van der Waals surface area contributed by atoms with E-state index < -0.39 is 5.91 Å². The number of carbonyl (C=O) groups excluding carboxylic acids is 1. The average Bonchev–Trinajstić information content (AvgIpc) is 2.65. The Kier molecular flexibility index (Phi) is 7.30. The van der Waals surface area contributed by atoms with Gasteiger partial charge in [-0.15, -0.1) is 11.8 Å². The summed E-state index contributed by atoms with van der Waals surface area (Å²) < 4.78 is 5.14. The smallest absolute Gasteiger partial charge is 0.259 e. The molecule has 0 spiro atoms. The third-order valence-corrected chi connectivity index (χ3v) is 4.77. The molecule has 0 saturated heterocycles. The number of nitrogens with zero attached hydrogens (tertiary/aromatic N) is 2. The van der Waals surface area contributed by atoms with E-state index in [1.54, 1.807) is 31.4 Å². The molecule has 7 heteroatoms. The summed E-state index contributed by atoms with van der Waals surface area (Å²) in [6.07, 6.45) is 3.31. The van der Waals surface area contributed by atoms with Gasteiger partial charge in [-0.25, -0.2) is 4.98 Å². The predicted octanol–water partition coefficient (Wildman–Crippen LogP) is 4.08. The molecule has 0 aliphatic heterocycles. The molecule has 2 rings (SSSR count).